The molecule has 0 saturated heterocycles. The highest BCUT2D eigenvalue weighted by molar-refractivity contribution is 9.10. The zero-order valence-electron chi connectivity index (χ0n) is 10.9. The minimum absolute atomic E-state index is 0.296. The highest BCUT2D eigenvalue weighted by atomic mass is 79.9. The molecule has 1 aromatic heterocycles. The molecule has 0 amide bonds. The van der Waals surface area contributed by atoms with E-state index in [9.17, 15) is 4.79 Å². The van der Waals surface area contributed by atoms with E-state index in [-0.39, 0.29) is 0 Å². The summed E-state index contributed by atoms with van der Waals surface area (Å²) >= 11 is 3.39. The molecule has 1 heterocycles. The lowest BCUT2D eigenvalue weighted by molar-refractivity contribution is 0.0527. The molecule has 3 N–H and O–H groups in total. The van der Waals surface area contributed by atoms with Gasteiger partial charge in [-0.2, -0.15) is 0 Å². The predicted molar refractivity (Wildman–Crippen MR) is 82.0 cm³/mol. The molecule has 0 fully saturated rings. The number of pyridine rings is 1. The van der Waals surface area contributed by atoms with E-state index >= 15 is 0 Å². The fourth-order valence-electron chi connectivity index (χ4n) is 1.65. The van der Waals surface area contributed by atoms with Gasteiger partial charge in [0.1, 0.15) is 11.4 Å². The second-order valence-electron chi connectivity index (χ2n) is 4.02. The second-order valence-corrected chi connectivity index (χ2v) is 4.94. The van der Waals surface area contributed by atoms with Gasteiger partial charge in [0.05, 0.1) is 18.5 Å². The van der Waals surface area contributed by atoms with E-state index in [0.717, 1.165) is 10.2 Å². The van der Waals surface area contributed by atoms with Crippen LogP contribution in [0.15, 0.2) is 41.0 Å². The monoisotopic (exact) mass is 335 g/mol. The van der Waals surface area contributed by atoms with Gasteiger partial charge < -0.3 is 15.8 Å². The van der Waals surface area contributed by atoms with Crippen molar-refractivity contribution in [1.82, 2.24) is 4.98 Å². The molecular weight excluding hydrogens is 322 g/mol. The zero-order valence-corrected chi connectivity index (χ0v) is 12.5. The standard InChI is InChI=1S/C14H14BrN3O2/c1-2-20-14(19)12-7-10(16)8-17-13(12)18-11-5-3-4-9(15)6-11/h3-8H,2,16H2,1H3,(H,17,18). The molecule has 0 aliphatic rings. The van der Waals surface area contributed by atoms with Gasteiger partial charge in [0.25, 0.3) is 0 Å². The van der Waals surface area contributed by atoms with Crippen LogP contribution in [-0.4, -0.2) is 17.6 Å². The summed E-state index contributed by atoms with van der Waals surface area (Å²) in [6.45, 7) is 2.04. The van der Waals surface area contributed by atoms with E-state index in [0.29, 0.717) is 23.7 Å². The number of carbonyl (C=O) groups is 1. The lowest BCUT2D eigenvalue weighted by atomic mass is 10.2. The fraction of sp³-hybridized carbons (Fsp3) is 0.143. The first-order valence-electron chi connectivity index (χ1n) is 6.05. The summed E-state index contributed by atoms with van der Waals surface area (Å²) in [5.41, 5.74) is 7.20. The molecule has 2 rings (SSSR count). The van der Waals surface area contributed by atoms with Crippen LogP contribution in [0.1, 0.15) is 17.3 Å². The van der Waals surface area contributed by atoms with Crippen molar-refractivity contribution >= 4 is 39.1 Å². The van der Waals surface area contributed by atoms with E-state index in [1.165, 1.54) is 6.20 Å². The average Bonchev–Trinajstić information content (AvgIpc) is 2.41. The van der Waals surface area contributed by atoms with Crippen LogP contribution >= 0.6 is 15.9 Å². The smallest absolute Gasteiger partial charge is 0.341 e. The molecule has 2 aromatic rings. The molecule has 0 aliphatic heterocycles. The Kier molecular flexibility index (Phi) is 4.57. The number of aromatic nitrogens is 1. The average molecular weight is 336 g/mol. The Hall–Kier alpha value is -2.08. The number of esters is 1. The Morgan fingerprint density at radius 3 is 2.95 bits per heavy atom. The lowest BCUT2D eigenvalue weighted by Crippen LogP contribution is -2.10. The normalized spacial score (nSPS) is 10.1. The maximum absolute atomic E-state index is 11.9. The molecule has 0 bridgehead atoms. The number of anilines is 3. The van der Waals surface area contributed by atoms with Crippen molar-refractivity contribution < 1.29 is 9.53 Å². The highest BCUT2D eigenvalue weighted by Gasteiger charge is 2.14. The summed E-state index contributed by atoms with van der Waals surface area (Å²) in [6, 6.07) is 9.09. The summed E-state index contributed by atoms with van der Waals surface area (Å²) in [5.74, 6) is -0.0412. The Morgan fingerprint density at radius 1 is 1.45 bits per heavy atom. The molecule has 1 aromatic carbocycles. The summed E-state index contributed by atoms with van der Waals surface area (Å²) in [6.07, 6.45) is 1.49. The largest absolute Gasteiger partial charge is 0.462 e. The van der Waals surface area contributed by atoms with Crippen LogP contribution in [0.3, 0.4) is 0 Å². The number of nitrogens with two attached hydrogens (primary N) is 1. The van der Waals surface area contributed by atoms with E-state index < -0.39 is 5.97 Å². The predicted octanol–water partition coefficient (Wildman–Crippen LogP) is 3.35. The van der Waals surface area contributed by atoms with Gasteiger partial charge in [-0.1, -0.05) is 22.0 Å². The Labute approximate surface area is 125 Å². The topological polar surface area (TPSA) is 77.2 Å². The molecule has 0 unspecified atom stereocenters. The van der Waals surface area contributed by atoms with Crippen molar-refractivity contribution in [2.75, 3.05) is 17.7 Å². The SMILES string of the molecule is CCOC(=O)c1cc(N)cnc1Nc1cccc(Br)c1. The molecule has 0 spiro atoms. The van der Waals surface area contributed by atoms with E-state index in [1.54, 1.807) is 13.0 Å². The molecule has 0 aliphatic carbocycles. The lowest BCUT2D eigenvalue weighted by Gasteiger charge is -2.11. The van der Waals surface area contributed by atoms with Gasteiger partial charge in [-0.25, -0.2) is 9.78 Å². The first-order valence-corrected chi connectivity index (χ1v) is 6.84. The maximum atomic E-state index is 11.9. The minimum Gasteiger partial charge on any atom is -0.462 e. The molecular formula is C14H14BrN3O2. The van der Waals surface area contributed by atoms with E-state index in [4.69, 9.17) is 10.5 Å². The van der Waals surface area contributed by atoms with E-state index in [1.807, 2.05) is 24.3 Å². The molecule has 0 atom stereocenters. The first-order chi connectivity index (χ1) is 9.60. The van der Waals surface area contributed by atoms with Crippen molar-refractivity contribution in [1.29, 1.82) is 0 Å². The number of nitrogens with zero attached hydrogens (tertiary/aromatic N) is 1. The Bertz CT molecular complexity index is 632. The molecule has 20 heavy (non-hydrogen) atoms. The molecule has 0 radical (unpaired) electrons. The van der Waals surface area contributed by atoms with Gasteiger partial charge in [-0.05, 0) is 31.2 Å². The number of rotatable bonds is 4. The number of carbonyl (C=O) groups excluding carboxylic acids is 1. The third-order valence-electron chi connectivity index (χ3n) is 2.49. The molecule has 5 nitrogen and oxygen atoms in total. The number of halogens is 1. The van der Waals surface area contributed by atoms with Gasteiger partial charge >= 0.3 is 5.97 Å². The fourth-order valence-corrected chi connectivity index (χ4v) is 2.05. The first kappa shape index (κ1) is 14.3. The molecule has 104 valence electrons. The van der Waals surface area contributed by atoms with Crippen LogP contribution in [0.25, 0.3) is 0 Å². The van der Waals surface area contributed by atoms with Gasteiger partial charge in [-0.15, -0.1) is 0 Å². The maximum Gasteiger partial charge on any atom is 0.341 e. The number of benzene rings is 1. The summed E-state index contributed by atoms with van der Waals surface area (Å²) in [7, 11) is 0. The number of ether oxygens (including phenoxy) is 1. The summed E-state index contributed by atoms with van der Waals surface area (Å²) < 4.78 is 5.93. The minimum atomic E-state index is -0.454. The van der Waals surface area contributed by atoms with Crippen LogP contribution in [0.5, 0.6) is 0 Å². The van der Waals surface area contributed by atoms with Crippen molar-refractivity contribution in [2.24, 2.45) is 0 Å². The second kappa shape index (κ2) is 6.38. The quantitative estimate of drug-likeness (QED) is 0.838. The molecule has 0 saturated carbocycles. The van der Waals surface area contributed by atoms with Crippen LogP contribution in [0.4, 0.5) is 17.2 Å². The van der Waals surface area contributed by atoms with Crippen LogP contribution in [-0.2, 0) is 4.74 Å². The van der Waals surface area contributed by atoms with Crippen molar-refractivity contribution in [3.63, 3.8) is 0 Å². The van der Waals surface area contributed by atoms with Crippen molar-refractivity contribution in [2.45, 2.75) is 6.92 Å². The van der Waals surface area contributed by atoms with Crippen molar-refractivity contribution in [3.8, 4) is 0 Å². The summed E-state index contributed by atoms with van der Waals surface area (Å²) in [4.78, 5) is 16.1. The number of hydrogen-bond acceptors (Lipinski definition) is 5. The van der Waals surface area contributed by atoms with Gasteiger partial charge in [-0.3, -0.25) is 0 Å². The van der Waals surface area contributed by atoms with Gasteiger partial charge in [0.15, 0.2) is 0 Å². The van der Waals surface area contributed by atoms with Gasteiger partial charge in [0.2, 0.25) is 0 Å². The highest BCUT2D eigenvalue weighted by Crippen LogP contribution is 2.23. The number of hydrogen-bond donors (Lipinski definition) is 2. The Balaban J connectivity index is 2.33. The van der Waals surface area contributed by atoms with Gasteiger partial charge in [0, 0.05) is 10.2 Å². The van der Waals surface area contributed by atoms with Crippen LogP contribution in [0, 0.1) is 0 Å². The molecule has 6 heteroatoms. The Morgan fingerprint density at radius 2 is 2.25 bits per heavy atom. The third-order valence-corrected chi connectivity index (χ3v) is 2.98. The summed E-state index contributed by atoms with van der Waals surface area (Å²) in [5, 5.41) is 3.08. The van der Waals surface area contributed by atoms with Crippen molar-refractivity contribution in [3.05, 3.63) is 46.6 Å². The zero-order chi connectivity index (χ0) is 14.5. The van der Waals surface area contributed by atoms with E-state index in [2.05, 4.69) is 26.2 Å². The third kappa shape index (κ3) is 3.48. The number of nitrogen functional groups attached to an aromatic ring is 1. The van der Waals surface area contributed by atoms with Crippen LogP contribution in [0.2, 0.25) is 0 Å². The number of nitrogens with one attached hydrogen (secondary N) is 1. The van der Waals surface area contributed by atoms with Crippen LogP contribution < -0.4 is 11.1 Å².